The van der Waals surface area contributed by atoms with E-state index in [9.17, 15) is 26.7 Å². The highest BCUT2D eigenvalue weighted by molar-refractivity contribution is 5.77. The molecule has 0 bridgehead atoms. The van der Waals surface area contributed by atoms with Crippen LogP contribution in [-0.2, 0) is 4.79 Å². The lowest BCUT2D eigenvalue weighted by Crippen LogP contribution is -2.45. The van der Waals surface area contributed by atoms with Crippen molar-refractivity contribution in [3.8, 4) is 0 Å². The zero-order valence-corrected chi connectivity index (χ0v) is 8.44. The van der Waals surface area contributed by atoms with E-state index < -0.39 is 42.9 Å². The third-order valence-corrected chi connectivity index (χ3v) is 2.09. The monoisotopic (exact) mass is 249 g/mol. The summed E-state index contributed by atoms with van der Waals surface area (Å²) in [5.74, 6) is -6.25. The fraction of sp³-hybridized carbons (Fsp3) is 0.875. The van der Waals surface area contributed by atoms with Crippen LogP contribution in [0.4, 0.5) is 22.0 Å². The maximum Gasteiger partial charge on any atom is 0.453 e. The van der Waals surface area contributed by atoms with Crippen LogP contribution in [-0.4, -0.2) is 28.7 Å². The Hall–Kier alpha value is -0.920. The minimum atomic E-state index is -5.61. The molecule has 0 aromatic rings. The summed E-state index contributed by atoms with van der Waals surface area (Å²) >= 11 is 0. The van der Waals surface area contributed by atoms with Crippen molar-refractivity contribution in [2.75, 3.05) is 0 Å². The van der Waals surface area contributed by atoms with E-state index in [2.05, 4.69) is 0 Å². The number of carboxylic acid groups (broad SMARTS) is 1. The largest absolute Gasteiger partial charge is 0.480 e. The van der Waals surface area contributed by atoms with Gasteiger partial charge in [-0.15, -0.1) is 0 Å². The van der Waals surface area contributed by atoms with Crippen LogP contribution < -0.4 is 5.73 Å². The van der Waals surface area contributed by atoms with Crippen molar-refractivity contribution in [2.45, 2.75) is 43.8 Å². The molecule has 1 atom stereocenters. The summed E-state index contributed by atoms with van der Waals surface area (Å²) in [5, 5.41) is 8.50. The predicted octanol–water partition coefficient (Wildman–Crippen LogP) is 2.16. The van der Waals surface area contributed by atoms with Crippen LogP contribution in [0.1, 0.15) is 26.2 Å². The molecule has 0 heterocycles. The van der Waals surface area contributed by atoms with Crippen LogP contribution >= 0.6 is 0 Å². The molecular weight excluding hydrogens is 237 g/mol. The minimum absolute atomic E-state index is 0.450. The number of nitrogens with two attached hydrogens (primary N) is 1. The van der Waals surface area contributed by atoms with Crippen molar-refractivity contribution < 1.29 is 31.9 Å². The minimum Gasteiger partial charge on any atom is -0.480 e. The average Bonchev–Trinajstić information content (AvgIpc) is 2.00. The van der Waals surface area contributed by atoms with Crippen molar-refractivity contribution >= 4 is 5.97 Å². The molecule has 16 heavy (non-hydrogen) atoms. The molecule has 0 aliphatic heterocycles. The van der Waals surface area contributed by atoms with Crippen LogP contribution in [0.25, 0.3) is 0 Å². The number of halogens is 5. The van der Waals surface area contributed by atoms with E-state index in [-0.39, 0.29) is 0 Å². The van der Waals surface area contributed by atoms with E-state index >= 15 is 0 Å². The van der Waals surface area contributed by atoms with E-state index in [1.54, 1.807) is 0 Å². The smallest absolute Gasteiger partial charge is 0.453 e. The quantitative estimate of drug-likeness (QED) is 0.734. The molecule has 0 rings (SSSR count). The molecule has 0 saturated heterocycles. The van der Waals surface area contributed by atoms with E-state index in [4.69, 9.17) is 10.8 Å². The zero-order valence-electron chi connectivity index (χ0n) is 8.44. The van der Waals surface area contributed by atoms with Gasteiger partial charge in [-0.2, -0.15) is 22.0 Å². The number of aliphatic carboxylic acids is 1. The van der Waals surface area contributed by atoms with Gasteiger partial charge in [0.25, 0.3) is 0 Å². The predicted molar refractivity (Wildman–Crippen MR) is 45.1 cm³/mol. The van der Waals surface area contributed by atoms with Crippen LogP contribution in [0, 0.1) is 0 Å². The Balaban J connectivity index is 4.24. The lowest BCUT2D eigenvalue weighted by molar-refractivity contribution is -0.284. The molecule has 3 N–H and O–H groups in total. The van der Waals surface area contributed by atoms with Gasteiger partial charge < -0.3 is 10.8 Å². The van der Waals surface area contributed by atoms with Gasteiger partial charge in [-0.05, 0) is 19.8 Å². The first-order chi connectivity index (χ1) is 6.90. The van der Waals surface area contributed by atoms with Crippen LogP contribution in [0.5, 0.6) is 0 Å². The first-order valence-electron chi connectivity index (χ1n) is 4.37. The Morgan fingerprint density at radius 2 is 1.62 bits per heavy atom. The highest BCUT2D eigenvalue weighted by atomic mass is 19.4. The standard InChI is InChI=1S/C8H12F5NO2/c1-6(14,5(15)16)3-2-4-7(9,10)8(11,12)13/h2-4,14H2,1H3,(H,15,16). The molecule has 0 saturated carbocycles. The molecule has 0 amide bonds. The second-order valence-electron chi connectivity index (χ2n) is 3.78. The SMILES string of the molecule is CC(N)(CCCC(F)(F)C(F)(F)F)C(=O)O. The molecular formula is C8H12F5NO2. The molecule has 8 heteroatoms. The molecule has 0 aliphatic rings. The van der Waals surface area contributed by atoms with Gasteiger partial charge in [-0.1, -0.05) is 0 Å². The van der Waals surface area contributed by atoms with Gasteiger partial charge in [0.15, 0.2) is 0 Å². The fourth-order valence-corrected chi connectivity index (χ4v) is 0.926. The van der Waals surface area contributed by atoms with Crippen molar-refractivity contribution in [3.63, 3.8) is 0 Å². The summed E-state index contributed by atoms with van der Waals surface area (Å²) in [6.45, 7) is 1.06. The number of carbonyl (C=O) groups is 1. The van der Waals surface area contributed by atoms with Gasteiger partial charge in [0, 0.05) is 6.42 Å². The zero-order chi connectivity index (χ0) is 13.2. The first kappa shape index (κ1) is 15.1. The Labute approximate surface area is 88.4 Å². The molecule has 1 unspecified atom stereocenters. The normalized spacial score (nSPS) is 16.9. The van der Waals surface area contributed by atoms with Crippen molar-refractivity contribution in [3.05, 3.63) is 0 Å². The van der Waals surface area contributed by atoms with Gasteiger partial charge >= 0.3 is 18.1 Å². The second-order valence-corrected chi connectivity index (χ2v) is 3.78. The molecule has 0 aromatic heterocycles. The van der Waals surface area contributed by atoms with E-state index in [1.807, 2.05) is 0 Å². The summed E-state index contributed by atoms with van der Waals surface area (Å²) in [4.78, 5) is 10.4. The Kier molecular flexibility index (Phi) is 4.26. The third kappa shape index (κ3) is 3.92. The average molecular weight is 249 g/mol. The second kappa shape index (κ2) is 4.52. The highest BCUT2D eigenvalue weighted by Crippen LogP contribution is 2.39. The van der Waals surface area contributed by atoms with Crippen LogP contribution in [0.2, 0.25) is 0 Å². The third-order valence-electron chi connectivity index (χ3n) is 2.09. The Bertz CT molecular complexity index is 262. The van der Waals surface area contributed by atoms with Crippen molar-refractivity contribution in [2.24, 2.45) is 5.73 Å². The summed E-state index contributed by atoms with van der Waals surface area (Å²) < 4.78 is 59.9. The van der Waals surface area contributed by atoms with Gasteiger partial charge in [0.05, 0.1) is 0 Å². The number of hydrogen-bond donors (Lipinski definition) is 2. The summed E-state index contributed by atoms with van der Waals surface area (Å²) in [6.07, 6.45) is -8.14. The van der Waals surface area contributed by atoms with Crippen molar-refractivity contribution in [1.29, 1.82) is 0 Å². The van der Waals surface area contributed by atoms with E-state index in [0.717, 1.165) is 6.92 Å². The lowest BCUT2D eigenvalue weighted by Gasteiger charge is -2.22. The molecule has 0 spiro atoms. The van der Waals surface area contributed by atoms with Crippen LogP contribution in [0.15, 0.2) is 0 Å². The summed E-state index contributed by atoms with van der Waals surface area (Å²) in [5.41, 5.74) is 3.38. The number of hydrogen-bond acceptors (Lipinski definition) is 2. The summed E-state index contributed by atoms with van der Waals surface area (Å²) in [7, 11) is 0. The fourth-order valence-electron chi connectivity index (χ4n) is 0.926. The van der Waals surface area contributed by atoms with Gasteiger partial charge in [-0.25, -0.2) is 0 Å². The molecule has 0 aliphatic carbocycles. The lowest BCUT2D eigenvalue weighted by atomic mass is 9.95. The molecule has 0 radical (unpaired) electrons. The maximum absolute atomic E-state index is 12.4. The Morgan fingerprint density at radius 1 is 1.19 bits per heavy atom. The number of carboxylic acids is 1. The number of alkyl halides is 5. The molecule has 3 nitrogen and oxygen atoms in total. The highest BCUT2D eigenvalue weighted by Gasteiger charge is 2.56. The first-order valence-corrected chi connectivity index (χ1v) is 4.37. The molecule has 0 fully saturated rings. The van der Waals surface area contributed by atoms with Gasteiger partial charge in [-0.3, -0.25) is 4.79 Å². The molecule has 0 aromatic carbocycles. The summed E-state index contributed by atoms with van der Waals surface area (Å²) in [6, 6.07) is 0. The topological polar surface area (TPSA) is 63.3 Å². The molecule has 96 valence electrons. The number of rotatable bonds is 5. The van der Waals surface area contributed by atoms with Gasteiger partial charge in [0.1, 0.15) is 5.54 Å². The van der Waals surface area contributed by atoms with E-state index in [1.165, 1.54) is 0 Å². The van der Waals surface area contributed by atoms with Crippen molar-refractivity contribution in [1.82, 2.24) is 0 Å². The van der Waals surface area contributed by atoms with Crippen LogP contribution in [0.3, 0.4) is 0 Å². The van der Waals surface area contributed by atoms with E-state index in [0.29, 0.717) is 0 Å². The Morgan fingerprint density at radius 3 is 1.94 bits per heavy atom. The maximum atomic E-state index is 12.4. The van der Waals surface area contributed by atoms with Gasteiger partial charge in [0.2, 0.25) is 0 Å².